The largest absolute Gasteiger partial charge is 0.376 e. The van der Waals surface area contributed by atoms with Crippen LogP contribution in [0.3, 0.4) is 0 Å². The average molecular weight is 253 g/mol. The van der Waals surface area contributed by atoms with Crippen molar-refractivity contribution >= 4 is 5.96 Å². The lowest BCUT2D eigenvalue weighted by atomic mass is 9.99. The van der Waals surface area contributed by atoms with E-state index >= 15 is 0 Å². The van der Waals surface area contributed by atoms with Crippen molar-refractivity contribution in [2.24, 2.45) is 10.9 Å². The fourth-order valence-electron chi connectivity index (χ4n) is 2.81. The highest BCUT2D eigenvalue weighted by Gasteiger charge is 2.25. The third-order valence-corrected chi connectivity index (χ3v) is 4.17. The summed E-state index contributed by atoms with van der Waals surface area (Å²) in [5, 5.41) is 3.54. The molecular weight excluding hydrogens is 226 g/mol. The van der Waals surface area contributed by atoms with E-state index in [1.165, 1.54) is 25.7 Å². The predicted molar refractivity (Wildman–Crippen MR) is 74.9 cm³/mol. The van der Waals surface area contributed by atoms with E-state index in [4.69, 9.17) is 4.74 Å². The lowest BCUT2D eigenvalue weighted by molar-refractivity contribution is 0.0878. The highest BCUT2D eigenvalue weighted by atomic mass is 16.5. The summed E-state index contributed by atoms with van der Waals surface area (Å²) >= 11 is 0. The molecule has 1 N–H and O–H groups in total. The molecular formula is C14H27N3O. The minimum Gasteiger partial charge on any atom is -0.376 e. The third-order valence-electron chi connectivity index (χ3n) is 4.17. The van der Waals surface area contributed by atoms with Crippen LogP contribution in [-0.4, -0.2) is 49.7 Å². The van der Waals surface area contributed by atoms with E-state index in [1.54, 1.807) is 0 Å². The molecule has 104 valence electrons. The maximum Gasteiger partial charge on any atom is 0.193 e. The van der Waals surface area contributed by atoms with E-state index in [-0.39, 0.29) is 0 Å². The van der Waals surface area contributed by atoms with Gasteiger partial charge in [-0.25, -0.2) is 0 Å². The Morgan fingerprint density at radius 3 is 2.61 bits per heavy atom. The number of piperidine rings is 1. The van der Waals surface area contributed by atoms with Gasteiger partial charge in [0.15, 0.2) is 5.96 Å². The van der Waals surface area contributed by atoms with E-state index in [0.29, 0.717) is 12.1 Å². The molecule has 2 heterocycles. The Hall–Kier alpha value is -0.770. The normalized spacial score (nSPS) is 28.5. The molecule has 2 aliphatic heterocycles. The van der Waals surface area contributed by atoms with Crippen molar-refractivity contribution in [3.8, 4) is 0 Å². The van der Waals surface area contributed by atoms with Gasteiger partial charge in [0.25, 0.3) is 0 Å². The molecule has 0 amide bonds. The lowest BCUT2D eigenvalue weighted by Crippen LogP contribution is -2.50. The molecule has 0 radical (unpaired) electrons. The molecule has 0 aromatic carbocycles. The van der Waals surface area contributed by atoms with Crippen molar-refractivity contribution in [3.63, 3.8) is 0 Å². The Bertz CT molecular complexity index is 279. The lowest BCUT2D eigenvalue weighted by Gasteiger charge is -2.34. The summed E-state index contributed by atoms with van der Waals surface area (Å²) in [6.07, 6.45) is 5.26. The van der Waals surface area contributed by atoms with Crippen LogP contribution in [0, 0.1) is 5.92 Å². The number of likely N-dealkylation sites (tertiary alicyclic amines) is 1. The van der Waals surface area contributed by atoms with Crippen LogP contribution in [0.5, 0.6) is 0 Å². The molecule has 18 heavy (non-hydrogen) atoms. The minimum atomic E-state index is 0.352. The van der Waals surface area contributed by atoms with E-state index in [2.05, 4.69) is 29.1 Å². The summed E-state index contributed by atoms with van der Waals surface area (Å²) < 4.78 is 5.73. The summed E-state index contributed by atoms with van der Waals surface area (Å²) in [7, 11) is 1.88. The molecule has 0 spiro atoms. The number of nitrogens with zero attached hydrogens (tertiary/aromatic N) is 2. The first kappa shape index (κ1) is 13.7. The van der Waals surface area contributed by atoms with Gasteiger partial charge >= 0.3 is 0 Å². The van der Waals surface area contributed by atoms with Crippen LogP contribution in [0.2, 0.25) is 0 Å². The molecule has 2 aliphatic rings. The smallest absolute Gasteiger partial charge is 0.193 e. The molecule has 0 aromatic heterocycles. The highest BCUT2D eigenvalue weighted by molar-refractivity contribution is 5.80. The maximum atomic E-state index is 5.73. The van der Waals surface area contributed by atoms with Crippen LogP contribution >= 0.6 is 0 Å². The molecule has 0 aromatic rings. The number of rotatable bonds is 2. The zero-order chi connectivity index (χ0) is 13.0. The van der Waals surface area contributed by atoms with Crippen molar-refractivity contribution in [2.75, 3.05) is 26.7 Å². The fourth-order valence-corrected chi connectivity index (χ4v) is 2.81. The summed E-state index contributed by atoms with van der Waals surface area (Å²) in [5.41, 5.74) is 0. The monoisotopic (exact) mass is 253 g/mol. The molecule has 2 rings (SSSR count). The first-order valence-corrected chi connectivity index (χ1v) is 7.30. The highest BCUT2D eigenvalue weighted by Crippen LogP contribution is 2.18. The van der Waals surface area contributed by atoms with Crippen molar-refractivity contribution in [1.29, 1.82) is 0 Å². The Labute approximate surface area is 111 Å². The number of guanidine groups is 1. The van der Waals surface area contributed by atoms with Gasteiger partial charge < -0.3 is 15.0 Å². The average Bonchev–Trinajstić information content (AvgIpc) is 2.91. The summed E-state index contributed by atoms with van der Waals surface area (Å²) in [5.74, 6) is 1.90. The van der Waals surface area contributed by atoms with Gasteiger partial charge in [-0.3, -0.25) is 4.99 Å². The van der Waals surface area contributed by atoms with Crippen LogP contribution in [0.4, 0.5) is 0 Å². The molecule has 2 fully saturated rings. The van der Waals surface area contributed by atoms with Crippen LogP contribution in [0.15, 0.2) is 4.99 Å². The molecule has 2 saturated heterocycles. The minimum absolute atomic E-state index is 0.352. The zero-order valence-corrected chi connectivity index (χ0v) is 12.0. The van der Waals surface area contributed by atoms with Gasteiger partial charge in [-0.2, -0.15) is 0 Å². The van der Waals surface area contributed by atoms with Gasteiger partial charge in [-0.05, 0) is 38.5 Å². The first-order valence-electron chi connectivity index (χ1n) is 7.30. The van der Waals surface area contributed by atoms with Crippen LogP contribution < -0.4 is 5.32 Å². The number of hydrogen-bond donors (Lipinski definition) is 1. The predicted octanol–water partition coefficient (Wildman–Crippen LogP) is 1.86. The second kappa shape index (κ2) is 6.41. The SMILES string of the molecule is CN=C(N[C@H](C)[C@H]1CCCO1)N1CCC(C)CC1. The molecule has 0 bridgehead atoms. The quantitative estimate of drug-likeness (QED) is 0.603. The van der Waals surface area contributed by atoms with Crippen LogP contribution in [0.25, 0.3) is 0 Å². The van der Waals surface area contributed by atoms with Crippen molar-refractivity contribution in [2.45, 2.75) is 51.7 Å². The Morgan fingerprint density at radius 1 is 1.33 bits per heavy atom. The molecule has 2 atom stereocenters. The van der Waals surface area contributed by atoms with Crippen molar-refractivity contribution in [1.82, 2.24) is 10.2 Å². The van der Waals surface area contributed by atoms with E-state index in [0.717, 1.165) is 31.6 Å². The number of aliphatic imine (C=N–C) groups is 1. The molecule has 4 nitrogen and oxygen atoms in total. The summed E-state index contributed by atoms with van der Waals surface area (Å²) in [4.78, 5) is 6.80. The summed E-state index contributed by atoms with van der Waals surface area (Å²) in [6, 6.07) is 0.352. The molecule has 0 aliphatic carbocycles. The second-order valence-electron chi connectivity index (χ2n) is 5.70. The maximum absolute atomic E-state index is 5.73. The van der Waals surface area contributed by atoms with Crippen LogP contribution in [-0.2, 0) is 4.74 Å². The number of ether oxygens (including phenoxy) is 1. The van der Waals surface area contributed by atoms with Gasteiger partial charge in [0.1, 0.15) is 0 Å². The Balaban J connectivity index is 1.85. The zero-order valence-electron chi connectivity index (χ0n) is 12.0. The van der Waals surface area contributed by atoms with E-state index < -0.39 is 0 Å². The fraction of sp³-hybridized carbons (Fsp3) is 0.929. The first-order chi connectivity index (χ1) is 8.70. The summed E-state index contributed by atoms with van der Waals surface area (Å²) in [6.45, 7) is 7.70. The van der Waals surface area contributed by atoms with Gasteiger partial charge in [-0.15, -0.1) is 0 Å². The van der Waals surface area contributed by atoms with Crippen LogP contribution in [0.1, 0.15) is 39.5 Å². The third kappa shape index (κ3) is 3.37. The number of nitrogens with one attached hydrogen (secondary N) is 1. The standard InChI is InChI=1S/C14H27N3O/c1-11-6-8-17(9-7-11)14(15-3)16-12(2)13-5-4-10-18-13/h11-13H,4-10H2,1-3H3,(H,15,16)/t12-,13-/m1/s1. The Morgan fingerprint density at radius 2 is 2.06 bits per heavy atom. The molecule has 0 unspecified atom stereocenters. The van der Waals surface area contributed by atoms with Gasteiger partial charge in [-0.1, -0.05) is 6.92 Å². The second-order valence-corrected chi connectivity index (χ2v) is 5.70. The topological polar surface area (TPSA) is 36.9 Å². The Kier molecular flexibility index (Phi) is 4.87. The van der Waals surface area contributed by atoms with E-state index in [1.807, 2.05) is 7.05 Å². The van der Waals surface area contributed by atoms with Gasteiger partial charge in [0.2, 0.25) is 0 Å². The van der Waals surface area contributed by atoms with Gasteiger partial charge in [0.05, 0.1) is 12.1 Å². The van der Waals surface area contributed by atoms with Gasteiger partial charge in [0, 0.05) is 26.7 Å². The van der Waals surface area contributed by atoms with Crippen molar-refractivity contribution < 1.29 is 4.74 Å². The molecule has 4 heteroatoms. The molecule has 0 saturated carbocycles. The van der Waals surface area contributed by atoms with E-state index in [9.17, 15) is 0 Å². The number of hydrogen-bond acceptors (Lipinski definition) is 2. The van der Waals surface area contributed by atoms with Crippen molar-refractivity contribution in [3.05, 3.63) is 0 Å².